The van der Waals surface area contributed by atoms with Gasteiger partial charge >= 0.3 is 5.97 Å². The molecule has 19 heavy (non-hydrogen) atoms. The summed E-state index contributed by atoms with van der Waals surface area (Å²) < 4.78 is 0.566. The van der Waals surface area contributed by atoms with Gasteiger partial charge in [0.05, 0.1) is 4.92 Å². The molecule has 1 aromatic rings. The molecule has 1 aliphatic heterocycles. The van der Waals surface area contributed by atoms with Crippen molar-refractivity contribution in [3.63, 3.8) is 0 Å². The van der Waals surface area contributed by atoms with E-state index < -0.39 is 16.4 Å². The third-order valence-corrected chi connectivity index (χ3v) is 4.13. The second-order valence-electron chi connectivity index (χ2n) is 4.63. The molecule has 1 saturated heterocycles. The Labute approximate surface area is 118 Å². The lowest BCUT2D eigenvalue weighted by atomic mass is 9.89. The van der Waals surface area contributed by atoms with Gasteiger partial charge in [-0.05, 0) is 24.9 Å². The third-order valence-electron chi connectivity index (χ3n) is 3.39. The van der Waals surface area contributed by atoms with E-state index in [1.807, 2.05) is 0 Å². The zero-order valence-corrected chi connectivity index (χ0v) is 11.6. The molecule has 7 heteroatoms. The van der Waals surface area contributed by atoms with Gasteiger partial charge in [0.25, 0.3) is 5.69 Å². The van der Waals surface area contributed by atoms with Crippen molar-refractivity contribution in [2.24, 2.45) is 0 Å². The summed E-state index contributed by atoms with van der Waals surface area (Å²) in [5, 5.41) is 23.1. The smallest absolute Gasteiger partial charge is 0.324 e. The Bertz CT molecular complexity index is 526. The van der Waals surface area contributed by atoms with Gasteiger partial charge in [-0.3, -0.25) is 14.9 Å². The first-order chi connectivity index (χ1) is 8.94. The first kappa shape index (κ1) is 14.0. The Balaban J connectivity index is 2.28. The molecular formula is C12H13BrN2O4. The van der Waals surface area contributed by atoms with E-state index >= 15 is 0 Å². The molecular weight excluding hydrogens is 316 g/mol. The third kappa shape index (κ3) is 2.76. The number of nitro groups is 1. The van der Waals surface area contributed by atoms with Crippen LogP contribution in [0.25, 0.3) is 0 Å². The number of carbonyl (C=O) groups is 1. The Kier molecular flexibility index (Phi) is 3.86. The minimum Gasteiger partial charge on any atom is -0.480 e. The van der Waals surface area contributed by atoms with Crippen molar-refractivity contribution in [3.8, 4) is 0 Å². The Morgan fingerprint density at radius 1 is 1.58 bits per heavy atom. The van der Waals surface area contributed by atoms with Crippen molar-refractivity contribution in [2.45, 2.75) is 24.8 Å². The van der Waals surface area contributed by atoms with Crippen LogP contribution in [-0.4, -0.2) is 28.1 Å². The van der Waals surface area contributed by atoms with Gasteiger partial charge in [-0.1, -0.05) is 22.0 Å². The van der Waals surface area contributed by atoms with Crippen LogP contribution in [0.5, 0.6) is 0 Å². The van der Waals surface area contributed by atoms with Crippen LogP contribution in [0.1, 0.15) is 18.4 Å². The maximum absolute atomic E-state index is 11.4. The van der Waals surface area contributed by atoms with Crippen LogP contribution in [0.15, 0.2) is 22.7 Å². The number of non-ortho nitro benzene ring substituents is 1. The van der Waals surface area contributed by atoms with Crippen molar-refractivity contribution in [1.82, 2.24) is 5.32 Å². The second-order valence-corrected chi connectivity index (χ2v) is 5.48. The fourth-order valence-electron chi connectivity index (χ4n) is 2.33. The first-order valence-corrected chi connectivity index (χ1v) is 6.65. The van der Waals surface area contributed by atoms with E-state index in [4.69, 9.17) is 0 Å². The Morgan fingerprint density at radius 2 is 2.32 bits per heavy atom. The van der Waals surface area contributed by atoms with Gasteiger partial charge in [0.15, 0.2) is 0 Å². The Morgan fingerprint density at radius 3 is 2.79 bits per heavy atom. The molecule has 6 nitrogen and oxygen atoms in total. The molecule has 0 spiro atoms. The SMILES string of the molecule is O=C(O)C1(Cc2ccc([N+](=O)[O-])cc2Br)CCCN1. The van der Waals surface area contributed by atoms with Gasteiger partial charge in [0.1, 0.15) is 5.54 Å². The average molecular weight is 329 g/mol. The molecule has 0 aliphatic carbocycles. The number of rotatable bonds is 4. The van der Waals surface area contributed by atoms with Crippen molar-refractivity contribution < 1.29 is 14.8 Å². The summed E-state index contributed by atoms with van der Waals surface area (Å²) in [6.07, 6.45) is 1.68. The van der Waals surface area contributed by atoms with Crippen molar-refractivity contribution in [2.75, 3.05) is 6.54 Å². The summed E-state index contributed by atoms with van der Waals surface area (Å²) in [6, 6.07) is 4.40. The number of halogens is 1. The number of hydrogen-bond acceptors (Lipinski definition) is 4. The number of nitro benzene ring substituents is 1. The highest BCUT2D eigenvalue weighted by atomic mass is 79.9. The van der Waals surface area contributed by atoms with Crippen LogP contribution in [-0.2, 0) is 11.2 Å². The number of nitrogens with one attached hydrogen (secondary N) is 1. The second kappa shape index (κ2) is 5.26. The highest BCUT2D eigenvalue weighted by molar-refractivity contribution is 9.10. The molecule has 1 atom stereocenters. The van der Waals surface area contributed by atoms with Gasteiger partial charge in [0, 0.05) is 23.0 Å². The predicted molar refractivity (Wildman–Crippen MR) is 72.1 cm³/mol. The summed E-state index contributed by atoms with van der Waals surface area (Å²) in [4.78, 5) is 21.6. The van der Waals surface area contributed by atoms with E-state index in [9.17, 15) is 20.0 Å². The topological polar surface area (TPSA) is 92.5 Å². The normalized spacial score (nSPS) is 22.4. The molecule has 102 valence electrons. The van der Waals surface area contributed by atoms with Gasteiger partial charge in [-0.25, -0.2) is 0 Å². The van der Waals surface area contributed by atoms with Crippen LogP contribution >= 0.6 is 15.9 Å². The standard InChI is InChI=1S/C12H13BrN2O4/c13-10-6-9(15(18)19)3-2-8(10)7-12(11(16)17)4-1-5-14-12/h2-3,6,14H,1,4-5,7H2,(H,16,17). The van der Waals surface area contributed by atoms with Crippen LogP contribution < -0.4 is 5.32 Å². The van der Waals surface area contributed by atoms with Crippen molar-refractivity contribution in [1.29, 1.82) is 0 Å². The minimum absolute atomic E-state index is 0.0145. The van der Waals surface area contributed by atoms with Gasteiger partial charge in [-0.15, -0.1) is 0 Å². The minimum atomic E-state index is -0.960. The quantitative estimate of drug-likeness (QED) is 0.652. The fraction of sp³-hybridized carbons (Fsp3) is 0.417. The summed E-state index contributed by atoms with van der Waals surface area (Å²) in [5.41, 5.74) is -0.222. The molecule has 0 amide bonds. The van der Waals surface area contributed by atoms with Crippen LogP contribution in [0.2, 0.25) is 0 Å². The molecule has 0 radical (unpaired) electrons. The molecule has 0 bridgehead atoms. The summed E-state index contributed by atoms with van der Waals surface area (Å²) in [5.74, 6) is -0.879. The Hall–Kier alpha value is -1.47. The van der Waals surface area contributed by atoms with E-state index in [1.165, 1.54) is 12.1 Å². The maximum atomic E-state index is 11.4. The first-order valence-electron chi connectivity index (χ1n) is 5.86. The van der Waals surface area contributed by atoms with Gasteiger partial charge in [0.2, 0.25) is 0 Å². The number of carboxylic acid groups (broad SMARTS) is 1. The number of aliphatic carboxylic acids is 1. The van der Waals surface area contributed by atoms with Crippen LogP contribution in [0, 0.1) is 10.1 Å². The molecule has 1 unspecified atom stereocenters. The van der Waals surface area contributed by atoms with Crippen LogP contribution in [0.4, 0.5) is 5.69 Å². The lowest BCUT2D eigenvalue weighted by molar-refractivity contribution is -0.384. The van der Waals surface area contributed by atoms with E-state index in [0.29, 0.717) is 23.9 Å². The zero-order chi connectivity index (χ0) is 14.0. The lowest BCUT2D eigenvalue weighted by Crippen LogP contribution is -2.49. The summed E-state index contributed by atoms with van der Waals surface area (Å²) in [6.45, 7) is 0.677. The van der Waals surface area contributed by atoms with Gasteiger partial charge < -0.3 is 10.4 Å². The maximum Gasteiger partial charge on any atom is 0.324 e. The fourth-order valence-corrected chi connectivity index (χ4v) is 2.84. The largest absolute Gasteiger partial charge is 0.480 e. The molecule has 0 aromatic heterocycles. The summed E-state index contributed by atoms with van der Waals surface area (Å²) >= 11 is 3.27. The molecule has 2 rings (SSSR count). The summed E-state index contributed by atoms with van der Waals surface area (Å²) in [7, 11) is 0. The highest BCUT2D eigenvalue weighted by Crippen LogP contribution is 2.30. The highest BCUT2D eigenvalue weighted by Gasteiger charge is 2.41. The predicted octanol–water partition coefficient (Wildman–Crippen LogP) is 2.11. The van der Waals surface area contributed by atoms with E-state index in [0.717, 1.165) is 12.0 Å². The molecule has 1 heterocycles. The van der Waals surface area contributed by atoms with E-state index in [-0.39, 0.29) is 5.69 Å². The lowest BCUT2D eigenvalue weighted by Gasteiger charge is -2.25. The van der Waals surface area contributed by atoms with E-state index in [2.05, 4.69) is 21.2 Å². The number of hydrogen-bond donors (Lipinski definition) is 2. The van der Waals surface area contributed by atoms with Crippen molar-refractivity contribution >= 4 is 27.6 Å². The van der Waals surface area contributed by atoms with Crippen LogP contribution in [0.3, 0.4) is 0 Å². The van der Waals surface area contributed by atoms with Crippen molar-refractivity contribution in [3.05, 3.63) is 38.3 Å². The number of benzene rings is 1. The molecule has 0 saturated carbocycles. The average Bonchev–Trinajstić information content (AvgIpc) is 2.81. The number of nitrogens with zero attached hydrogens (tertiary/aromatic N) is 1. The molecule has 1 fully saturated rings. The monoisotopic (exact) mass is 328 g/mol. The van der Waals surface area contributed by atoms with Gasteiger partial charge in [-0.2, -0.15) is 0 Å². The molecule has 2 N–H and O–H groups in total. The molecule has 1 aromatic carbocycles. The molecule has 1 aliphatic rings. The number of carboxylic acids is 1. The zero-order valence-electron chi connectivity index (χ0n) is 10.1. The van der Waals surface area contributed by atoms with E-state index in [1.54, 1.807) is 6.07 Å².